The number of nitrogens with zero attached hydrogens (tertiary/aromatic N) is 1. The van der Waals surface area contributed by atoms with E-state index >= 15 is 0 Å². The highest BCUT2D eigenvalue weighted by Gasteiger charge is 2.08. The second-order valence-corrected chi connectivity index (χ2v) is 4.46. The third-order valence-electron chi connectivity index (χ3n) is 2.81. The van der Waals surface area contributed by atoms with Gasteiger partial charge in [-0.25, -0.2) is 9.59 Å². The minimum atomic E-state index is -1.07. The lowest BCUT2D eigenvalue weighted by molar-refractivity contribution is -0.139. The van der Waals surface area contributed by atoms with E-state index in [-0.39, 0.29) is 6.03 Å². The summed E-state index contributed by atoms with van der Waals surface area (Å²) in [7, 11) is 1.97. The van der Waals surface area contributed by atoms with Crippen molar-refractivity contribution in [2.75, 3.05) is 38.6 Å². The predicted octanol–water partition coefficient (Wildman–Crippen LogP) is 1.22. The number of carboxylic acids is 1. The highest BCUT2D eigenvalue weighted by molar-refractivity contribution is 5.90. The van der Waals surface area contributed by atoms with Gasteiger partial charge < -0.3 is 25.4 Å². The number of hydrogen-bond donors (Lipinski definition) is 3. The number of nitrogens with one attached hydrogen (secondary N) is 2. The maximum atomic E-state index is 11.8. The lowest BCUT2D eigenvalue weighted by atomic mass is 10.3. The molecule has 1 aromatic carbocycles. The SMILES string of the molecule is CCN(C)CCNC(=O)Nc1ccccc1OCC(=O)O. The Kier molecular flexibility index (Phi) is 7.03. The van der Waals surface area contributed by atoms with Crippen molar-refractivity contribution >= 4 is 17.7 Å². The molecule has 7 nitrogen and oxygen atoms in total. The van der Waals surface area contributed by atoms with E-state index in [2.05, 4.69) is 15.5 Å². The van der Waals surface area contributed by atoms with Crippen LogP contribution in [0.2, 0.25) is 0 Å². The van der Waals surface area contributed by atoms with Crippen molar-refractivity contribution < 1.29 is 19.4 Å². The number of ether oxygens (including phenoxy) is 1. The van der Waals surface area contributed by atoms with Crippen LogP contribution in [-0.4, -0.2) is 55.3 Å². The first-order valence-corrected chi connectivity index (χ1v) is 6.70. The Bertz CT molecular complexity index is 479. The average molecular weight is 295 g/mol. The highest BCUT2D eigenvalue weighted by atomic mass is 16.5. The number of carboxylic acid groups (broad SMARTS) is 1. The second kappa shape index (κ2) is 8.80. The lowest BCUT2D eigenvalue weighted by Crippen LogP contribution is -2.35. The van der Waals surface area contributed by atoms with Crippen LogP contribution in [0.1, 0.15) is 6.92 Å². The predicted molar refractivity (Wildman–Crippen MR) is 79.8 cm³/mol. The maximum absolute atomic E-state index is 11.8. The van der Waals surface area contributed by atoms with E-state index in [1.165, 1.54) is 0 Å². The first kappa shape index (κ1) is 16.8. The number of anilines is 1. The summed E-state index contributed by atoms with van der Waals surface area (Å²) in [5.74, 6) is -0.752. The number of carbonyl (C=O) groups excluding carboxylic acids is 1. The number of hydrogen-bond acceptors (Lipinski definition) is 4. The average Bonchev–Trinajstić information content (AvgIpc) is 2.46. The van der Waals surface area contributed by atoms with E-state index in [4.69, 9.17) is 9.84 Å². The van der Waals surface area contributed by atoms with Crippen molar-refractivity contribution in [1.29, 1.82) is 0 Å². The van der Waals surface area contributed by atoms with E-state index in [1.54, 1.807) is 24.3 Å². The third kappa shape index (κ3) is 6.62. The molecule has 0 heterocycles. The first-order valence-electron chi connectivity index (χ1n) is 6.70. The summed E-state index contributed by atoms with van der Waals surface area (Å²) in [6.07, 6.45) is 0. The molecular formula is C14H21N3O4. The molecule has 0 unspecified atom stereocenters. The number of urea groups is 1. The quantitative estimate of drug-likeness (QED) is 0.671. The van der Waals surface area contributed by atoms with Gasteiger partial charge in [0.05, 0.1) is 5.69 Å². The molecule has 0 saturated carbocycles. The van der Waals surface area contributed by atoms with Crippen LogP contribution in [0.3, 0.4) is 0 Å². The fourth-order valence-electron chi connectivity index (χ4n) is 1.52. The van der Waals surface area contributed by atoms with Gasteiger partial charge in [0.15, 0.2) is 6.61 Å². The molecule has 0 aromatic heterocycles. The zero-order valence-corrected chi connectivity index (χ0v) is 12.3. The molecule has 0 fully saturated rings. The maximum Gasteiger partial charge on any atom is 0.341 e. The topological polar surface area (TPSA) is 90.9 Å². The minimum Gasteiger partial charge on any atom is -0.480 e. The van der Waals surface area contributed by atoms with E-state index in [0.717, 1.165) is 13.1 Å². The first-order chi connectivity index (χ1) is 10.0. The van der Waals surface area contributed by atoms with Crippen molar-refractivity contribution in [3.63, 3.8) is 0 Å². The third-order valence-corrected chi connectivity index (χ3v) is 2.81. The van der Waals surface area contributed by atoms with Crippen LogP contribution in [0.15, 0.2) is 24.3 Å². The molecule has 3 N–H and O–H groups in total. The van der Waals surface area contributed by atoms with Gasteiger partial charge in [-0.05, 0) is 25.7 Å². The summed E-state index contributed by atoms with van der Waals surface area (Å²) in [6.45, 7) is 3.77. The monoisotopic (exact) mass is 295 g/mol. The molecule has 0 aliphatic rings. The Morgan fingerprint density at radius 2 is 2.05 bits per heavy atom. The van der Waals surface area contributed by atoms with Gasteiger partial charge in [0.2, 0.25) is 0 Å². The molecule has 116 valence electrons. The van der Waals surface area contributed by atoms with Gasteiger partial charge in [0.25, 0.3) is 0 Å². The summed E-state index contributed by atoms with van der Waals surface area (Å²) < 4.78 is 5.11. The van der Waals surface area contributed by atoms with Gasteiger partial charge in [-0.3, -0.25) is 0 Å². The molecule has 1 rings (SSSR count). The molecule has 0 radical (unpaired) electrons. The summed E-state index contributed by atoms with van der Waals surface area (Å²) in [5, 5.41) is 14.0. The Hall–Kier alpha value is -2.28. The molecule has 21 heavy (non-hydrogen) atoms. The van der Waals surface area contributed by atoms with Crippen LogP contribution < -0.4 is 15.4 Å². The standard InChI is InChI=1S/C14H21N3O4/c1-3-17(2)9-8-15-14(20)16-11-6-4-5-7-12(11)21-10-13(18)19/h4-7H,3,8-10H2,1-2H3,(H,18,19)(H2,15,16,20). The van der Waals surface area contributed by atoms with Crippen molar-refractivity contribution in [3.05, 3.63) is 24.3 Å². The van der Waals surface area contributed by atoms with Crippen molar-refractivity contribution in [1.82, 2.24) is 10.2 Å². The summed E-state index contributed by atoms with van der Waals surface area (Å²) in [5.41, 5.74) is 0.431. The molecular weight excluding hydrogens is 274 g/mol. The molecule has 1 aromatic rings. The lowest BCUT2D eigenvalue weighted by Gasteiger charge is -2.15. The van der Waals surface area contributed by atoms with Gasteiger partial charge in [-0.1, -0.05) is 19.1 Å². The summed E-state index contributed by atoms with van der Waals surface area (Å²) in [4.78, 5) is 24.3. The van der Waals surface area contributed by atoms with Crippen LogP contribution in [0.5, 0.6) is 5.75 Å². The van der Waals surface area contributed by atoms with Gasteiger partial charge in [0.1, 0.15) is 5.75 Å². The summed E-state index contributed by atoms with van der Waals surface area (Å²) >= 11 is 0. The van der Waals surface area contributed by atoms with E-state index in [1.807, 2.05) is 14.0 Å². The molecule has 7 heteroatoms. The number of amides is 2. The molecule has 0 aliphatic carbocycles. The Morgan fingerprint density at radius 1 is 1.33 bits per heavy atom. The zero-order chi connectivity index (χ0) is 15.7. The molecule has 0 bridgehead atoms. The number of likely N-dealkylation sites (N-methyl/N-ethyl adjacent to an activating group) is 1. The van der Waals surface area contributed by atoms with Gasteiger partial charge in [-0.15, -0.1) is 0 Å². The smallest absolute Gasteiger partial charge is 0.341 e. The molecule has 0 spiro atoms. The number of para-hydroxylation sites is 2. The fraction of sp³-hybridized carbons (Fsp3) is 0.429. The molecule has 0 saturated heterocycles. The van der Waals surface area contributed by atoms with Gasteiger partial charge >= 0.3 is 12.0 Å². The molecule has 0 aliphatic heterocycles. The Balaban J connectivity index is 2.49. The Morgan fingerprint density at radius 3 is 2.71 bits per heavy atom. The Labute approximate surface area is 123 Å². The fourth-order valence-corrected chi connectivity index (χ4v) is 1.52. The number of benzene rings is 1. The van der Waals surface area contributed by atoms with Crippen LogP contribution in [-0.2, 0) is 4.79 Å². The van der Waals surface area contributed by atoms with Gasteiger partial charge in [0, 0.05) is 13.1 Å². The van der Waals surface area contributed by atoms with Crippen LogP contribution in [0.25, 0.3) is 0 Å². The zero-order valence-electron chi connectivity index (χ0n) is 12.3. The second-order valence-electron chi connectivity index (χ2n) is 4.46. The minimum absolute atomic E-state index is 0.320. The highest BCUT2D eigenvalue weighted by Crippen LogP contribution is 2.23. The van der Waals surface area contributed by atoms with E-state index in [9.17, 15) is 9.59 Å². The molecule has 0 atom stereocenters. The van der Waals surface area contributed by atoms with Crippen LogP contribution in [0, 0.1) is 0 Å². The summed E-state index contributed by atoms with van der Waals surface area (Å²) in [6, 6.07) is 6.33. The number of carbonyl (C=O) groups is 2. The number of aliphatic carboxylic acids is 1. The molecule has 2 amide bonds. The van der Waals surface area contributed by atoms with Crippen molar-refractivity contribution in [3.8, 4) is 5.75 Å². The van der Waals surface area contributed by atoms with E-state index in [0.29, 0.717) is 18.0 Å². The van der Waals surface area contributed by atoms with Gasteiger partial charge in [-0.2, -0.15) is 0 Å². The van der Waals surface area contributed by atoms with E-state index < -0.39 is 12.6 Å². The largest absolute Gasteiger partial charge is 0.480 e. The van der Waals surface area contributed by atoms with Crippen LogP contribution in [0.4, 0.5) is 10.5 Å². The van der Waals surface area contributed by atoms with Crippen molar-refractivity contribution in [2.24, 2.45) is 0 Å². The normalized spacial score (nSPS) is 10.2. The van der Waals surface area contributed by atoms with Crippen LogP contribution >= 0.6 is 0 Å². The number of rotatable bonds is 8. The van der Waals surface area contributed by atoms with Crippen molar-refractivity contribution in [2.45, 2.75) is 6.92 Å².